The first-order valence-electron chi connectivity index (χ1n) is 7.08. The molecule has 0 saturated carbocycles. The van der Waals surface area contributed by atoms with Crippen LogP contribution in [0.1, 0.15) is 24.5 Å². The average Bonchev–Trinajstić information content (AvgIpc) is 2.94. The van der Waals surface area contributed by atoms with Gasteiger partial charge in [0.25, 0.3) is 0 Å². The Balaban J connectivity index is 2.18. The van der Waals surface area contributed by atoms with Gasteiger partial charge in [-0.1, -0.05) is 25.5 Å². The lowest BCUT2D eigenvalue weighted by atomic mass is 9.95. The lowest BCUT2D eigenvalue weighted by molar-refractivity contribution is 0.276. The number of hydrogen-bond acceptors (Lipinski definition) is 2. The highest BCUT2D eigenvalue weighted by Gasteiger charge is 2.12. The molecule has 1 aromatic heterocycles. The maximum Gasteiger partial charge on any atom is 0.129 e. The van der Waals surface area contributed by atoms with E-state index in [1.165, 1.54) is 6.07 Å². The van der Waals surface area contributed by atoms with E-state index in [-0.39, 0.29) is 12.4 Å². The second-order valence-corrected chi connectivity index (χ2v) is 5.15. The van der Waals surface area contributed by atoms with E-state index in [4.69, 9.17) is 0 Å². The van der Waals surface area contributed by atoms with Gasteiger partial charge in [-0.3, -0.25) is 0 Å². The number of aryl methyl sites for hydroxylation is 1. The Morgan fingerprint density at radius 2 is 2.10 bits per heavy atom. The van der Waals surface area contributed by atoms with Gasteiger partial charge in [0.05, 0.1) is 24.0 Å². The lowest BCUT2D eigenvalue weighted by Gasteiger charge is -2.12. The average molecular weight is 284 g/mol. The van der Waals surface area contributed by atoms with Crippen molar-refractivity contribution in [2.75, 3.05) is 0 Å². The highest BCUT2D eigenvalue weighted by atomic mass is 19.1. The molecular weight excluding hydrogens is 267 g/mol. The molecule has 0 saturated heterocycles. The predicted molar refractivity (Wildman–Crippen MR) is 81.4 cm³/mol. The highest BCUT2D eigenvalue weighted by Crippen LogP contribution is 2.29. The topological polar surface area (TPSA) is 48.9 Å². The Labute approximate surface area is 122 Å². The van der Waals surface area contributed by atoms with Crippen LogP contribution < -0.4 is 0 Å². The molecule has 3 aromatic rings. The number of halogens is 1. The summed E-state index contributed by atoms with van der Waals surface area (Å²) in [6.45, 7) is 1.75. The Kier molecular flexibility index (Phi) is 3.71. The molecule has 0 bridgehead atoms. The first kappa shape index (κ1) is 13.8. The summed E-state index contributed by atoms with van der Waals surface area (Å²) in [5.74, 6) is -0.347. The highest BCUT2D eigenvalue weighted by molar-refractivity contribution is 5.82. The fraction of sp³-hybridized carbons (Fsp3) is 0.235. The Morgan fingerprint density at radius 3 is 2.86 bits per heavy atom. The van der Waals surface area contributed by atoms with E-state index in [1.54, 1.807) is 6.33 Å². The lowest BCUT2D eigenvalue weighted by Crippen LogP contribution is -1.98. The molecule has 1 heterocycles. The van der Waals surface area contributed by atoms with Gasteiger partial charge in [-0.05, 0) is 41.3 Å². The van der Waals surface area contributed by atoms with Gasteiger partial charge in [-0.15, -0.1) is 0 Å². The van der Waals surface area contributed by atoms with Crippen LogP contribution in [0.2, 0.25) is 0 Å². The van der Waals surface area contributed by atoms with Gasteiger partial charge in [-0.25, -0.2) is 9.37 Å². The number of aromatic amines is 1. The number of aliphatic hydroxyl groups excluding tert-OH is 1. The van der Waals surface area contributed by atoms with Crippen LogP contribution in [0.5, 0.6) is 0 Å². The Bertz CT molecular complexity index is 780. The SMILES string of the molecule is CCCc1cc(F)c(CO)c(-c2ccc3[nH]cnc3c2)c1. The third kappa shape index (κ3) is 2.54. The van der Waals surface area contributed by atoms with Crippen LogP contribution in [-0.4, -0.2) is 15.1 Å². The number of nitrogens with zero attached hydrogens (tertiary/aromatic N) is 1. The second-order valence-electron chi connectivity index (χ2n) is 5.15. The summed E-state index contributed by atoms with van der Waals surface area (Å²) in [5.41, 5.74) is 4.67. The smallest absolute Gasteiger partial charge is 0.129 e. The van der Waals surface area contributed by atoms with Gasteiger partial charge < -0.3 is 10.1 Å². The van der Waals surface area contributed by atoms with E-state index in [0.717, 1.165) is 40.6 Å². The van der Waals surface area contributed by atoms with E-state index >= 15 is 0 Å². The van der Waals surface area contributed by atoms with Gasteiger partial charge in [0.2, 0.25) is 0 Å². The summed E-state index contributed by atoms with van der Waals surface area (Å²) in [6.07, 6.45) is 3.41. The summed E-state index contributed by atoms with van der Waals surface area (Å²) in [4.78, 5) is 7.27. The quantitative estimate of drug-likeness (QED) is 0.765. The van der Waals surface area contributed by atoms with Crippen molar-refractivity contribution in [2.24, 2.45) is 0 Å². The molecule has 3 nitrogen and oxygen atoms in total. The van der Waals surface area contributed by atoms with E-state index in [0.29, 0.717) is 5.56 Å². The van der Waals surface area contributed by atoms with Crippen molar-refractivity contribution >= 4 is 11.0 Å². The van der Waals surface area contributed by atoms with Crippen molar-refractivity contribution in [1.29, 1.82) is 0 Å². The largest absolute Gasteiger partial charge is 0.392 e. The van der Waals surface area contributed by atoms with Crippen LogP contribution in [0, 0.1) is 5.82 Å². The molecule has 0 unspecified atom stereocenters. The van der Waals surface area contributed by atoms with Crippen molar-refractivity contribution in [3.63, 3.8) is 0 Å². The van der Waals surface area contributed by atoms with Crippen LogP contribution in [0.25, 0.3) is 22.2 Å². The first-order valence-corrected chi connectivity index (χ1v) is 7.08. The maximum atomic E-state index is 14.2. The van der Waals surface area contributed by atoms with Gasteiger partial charge in [-0.2, -0.15) is 0 Å². The minimum atomic E-state index is -0.347. The van der Waals surface area contributed by atoms with Gasteiger partial charge in [0, 0.05) is 5.56 Å². The van der Waals surface area contributed by atoms with Crippen molar-refractivity contribution in [1.82, 2.24) is 9.97 Å². The van der Waals surface area contributed by atoms with E-state index < -0.39 is 0 Å². The minimum Gasteiger partial charge on any atom is -0.392 e. The summed E-state index contributed by atoms with van der Waals surface area (Å²) in [7, 11) is 0. The number of rotatable bonds is 4. The zero-order valence-corrected chi connectivity index (χ0v) is 11.9. The molecule has 3 rings (SSSR count). The maximum absolute atomic E-state index is 14.2. The zero-order chi connectivity index (χ0) is 14.8. The molecule has 0 atom stereocenters. The zero-order valence-electron chi connectivity index (χ0n) is 11.9. The first-order chi connectivity index (χ1) is 10.2. The van der Waals surface area contributed by atoms with Crippen LogP contribution in [0.15, 0.2) is 36.7 Å². The standard InChI is InChI=1S/C17H17FN2O/c1-2-3-11-6-13(14(9-21)15(18)7-11)12-4-5-16-17(8-12)20-10-19-16/h4-8,10,21H,2-3,9H2,1H3,(H,19,20). The van der Waals surface area contributed by atoms with Crippen molar-refractivity contribution in [3.05, 3.63) is 53.6 Å². The fourth-order valence-corrected chi connectivity index (χ4v) is 2.64. The third-order valence-electron chi connectivity index (χ3n) is 3.68. The molecule has 2 N–H and O–H groups in total. The predicted octanol–water partition coefficient (Wildman–Crippen LogP) is 3.81. The second kappa shape index (κ2) is 5.66. The van der Waals surface area contributed by atoms with Crippen LogP contribution in [0.3, 0.4) is 0 Å². The molecule has 0 aliphatic heterocycles. The molecular formula is C17H17FN2O. The fourth-order valence-electron chi connectivity index (χ4n) is 2.64. The van der Waals surface area contributed by atoms with Crippen molar-refractivity contribution < 1.29 is 9.50 Å². The summed E-state index contributed by atoms with van der Waals surface area (Å²) in [5, 5.41) is 9.49. The Hall–Kier alpha value is -2.20. The number of benzene rings is 2. The van der Waals surface area contributed by atoms with E-state index in [1.807, 2.05) is 24.3 Å². The molecule has 21 heavy (non-hydrogen) atoms. The summed E-state index contributed by atoms with van der Waals surface area (Å²) in [6, 6.07) is 9.24. The molecule has 108 valence electrons. The third-order valence-corrected chi connectivity index (χ3v) is 3.68. The van der Waals surface area contributed by atoms with Crippen LogP contribution in [-0.2, 0) is 13.0 Å². The number of H-pyrrole nitrogens is 1. The summed E-state index contributed by atoms with van der Waals surface area (Å²) < 4.78 is 14.2. The van der Waals surface area contributed by atoms with Gasteiger partial charge >= 0.3 is 0 Å². The van der Waals surface area contributed by atoms with Crippen LogP contribution >= 0.6 is 0 Å². The number of imidazole rings is 1. The van der Waals surface area contributed by atoms with E-state index in [2.05, 4.69) is 16.9 Å². The van der Waals surface area contributed by atoms with Crippen LogP contribution in [0.4, 0.5) is 4.39 Å². The molecule has 0 amide bonds. The number of fused-ring (bicyclic) bond motifs is 1. The van der Waals surface area contributed by atoms with E-state index in [9.17, 15) is 9.50 Å². The van der Waals surface area contributed by atoms with Gasteiger partial charge in [0.15, 0.2) is 0 Å². The molecule has 2 aromatic carbocycles. The molecule has 0 aliphatic rings. The van der Waals surface area contributed by atoms with Crippen molar-refractivity contribution in [3.8, 4) is 11.1 Å². The number of aromatic nitrogens is 2. The normalized spacial score (nSPS) is 11.2. The minimum absolute atomic E-state index is 0.313. The van der Waals surface area contributed by atoms with Gasteiger partial charge in [0.1, 0.15) is 5.82 Å². The number of hydrogen-bond donors (Lipinski definition) is 2. The number of aliphatic hydroxyl groups is 1. The molecule has 0 radical (unpaired) electrons. The molecule has 0 fully saturated rings. The number of nitrogens with one attached hydrogen (secondary N) is 1. The molecule has 0 aliphatic carbocycles. The molecule has 0 spiro atoms. The monoisotopic (exact) mass is 284 g/mol. The summed E-state index contributed by atoms with van der Waals surface area (Å²) >= 11 is 0. The van der Waals surface area contributed by atoms with Crippen molar-refractivity contribution in [2.45, 2.75) is 26.4 Å². The Morgan fingerprint density at radius 1 is 1.24 bits per heavy atom. The molecule has 4 heteroatoms.